The molecule has 3 aromatic rings. The number of rotatable bonds is 9. The van der Waals surface area contributed by atoms with Crippen LogP contribution < -0.4 is 15.2 Å². The minimum atomic E-state index is -0.728. The molecule has 0 unspecified atom stereocenters. The first-order valence-corrected chi connectivity index (χ1v) is 17.2. The van der Waals surface area contributed by atoms with Gasteiger partial charge in [-0.15, -0.1) is 0 Å². The molecule has 206 valence electrons. The molecule has 2 aliphatic rings. The van der Waals surface area contributed by atoms with Crippen LogP contribution in [-0.2, 0) is 0 Å². The Morgan fingerprint density at radius 3 is 1.36 bits per heavy atom. The van der Waals surface area contributed by atoms with Crippen molar-refractivity contribution in [1.82, 2.24) is 0 Å². The zero-order chi connectivity index (χ0) is 27.2. The fourth-order valence-electron chi connectivity index (χ4n) is 7.43. The molecule has 0 amide bonds. The van der Waals surface area contributed by atoms with Crippen LogP contribution in [-0.4, -0.2) is 6.85 Å². The third-order valence-electron chi connectivity index (χ3n) is 9.34. The molecule has 0 atom stereocenters. The van der Waals surface area contributed by atoms with Gasteiger partial charge in [-0.3, -0.25) is 0 Å². The van der Waals surface area contributed by atoms with Crippen molar-refractivity contribution in [2.24, 2.45) is 0 Å². The lowest BCUT2D eigenvalue weighted by atomic mass is 9.38. The molecule has 2 fully saturated rings. The van der Waals surface area contributed by atoms with Crippen molar-refractivity contribution >= 4 is 31.2 Å². The Balaban J connectivity index is 1.81. The molecule has 1 nitrogen and oxygen atoms in total. The van der Waals surface area contributed by atoms with Gasteiger partial charge in [-0.1, -0.05) is 171 Å². The predicted octanol–water partition coefficient (Wildman–Crippen LogP) is 10.4. The standard InChI is InChI=1S/C36H49BNP/c1-28(2)34-26-17-27-35(29(3)4)36(34)38(37(30-18-9-5-10-19-30)31-20-11-6-12-21-31)39(32-22-13-7-14-23-32)33-24-15-8-16-25-33/h7-8,13-17,22-31H,5-6,9-12,18-21H2,1-4H3. The lowest BCUT2D eigenvalue weighted by Gasteiger charge is -2.48. The van der Waals surface area contributed by atoms with E-state index in [0.717, 1.165) is 11.6 Å². The predicted molar refractivity (Wildman–Crippen MR) is 176 cm³/mol. The van der Waals surface area contributed by atoms with E-state index in [2.05, 4.69) is 111 Å². The number of anilines is 1. The summed E-state index contributed by atoms with van der Waals surface area (Å²) in [6, 6.07) is 30.3. The van der Waals surface area contributed by atoms with E-state index in [-0.39, 0.29) is 0 Å². The first-order valence-electron chi connectivity index (χ1n) is 15.9. The van der Waals surface area contributed by atoms with Gasteiger partial charge in [-0.25, -0.2) is 0 Å². The highest BCUT2D eigenvalue weighted by Crippen LogP contribution is 2.55. The lowest BCUT2D eigenvalue weighted by Crippen LogP contribution is -2.48. The summed E-state index contributed by atoms with van der Waals surface area (Å²) in [4.78, 5) is 0. The van der Waals surface area contributed by atoms with Crippen LogP contribution in [0.1, 0.15) is 115 Å². The van der Waals surface area contributed by atoms with E-state index in [1.54, 1.807) is 5.69 Å². The molecule has 0 aromatic heterocycles. The molecule has 3 heteroatoms. The Kier molecular flexibility index (Phi) is 9.89. The molecule has 0 bridgehead atoms. The maximum Gasteiger partial charge on any atom is 0.265 e. The second kappa shape index (κ2) is 13.5. The number of nitrogens with zero attached hydrogens (tertiary/aromatic N) is 1. The Morgan fingerprint density at radius 1 is 0.564 bits per heavy atom. The molecule has 0 radical (unpaired) electrons. The molecule has 2 saturated carbocycles. The van der Waals surface area contributed by atoms with Crippen LogP contribution in [0.2, 0.25) is 11.6 Å². The summed E-state index contributed by atoms with van der Waals surface area (Å²) in [5, 5.41) is 2.98. The van der Waals surface area contributed by atoms with Gasteiger partial charge in [0.2, 0.25) is 0 Å². The fourth-order valence-corrected chi connectivity index (χ4v) is 10.2. The average Bonchev–Trinajstić information content (AvgIpc) is 2.98. The summed E-state index contributed by atoms with van der Waals surface area (Å²) in [5.74, 6) is 2.53. The van der Waals surface area contributed by atoms with Crippen molar-refractivity contribution in [2.45, 2.75) is 115 Å². The monoisotopic (exact) mass is 537 g/mol. The Hall–Kier alpha value is -2.05. The van der Waals surface area contributed by atoms with E-state index in [1.165, 1.54) is 85.9 Å². The van der Waals surface area contributed by atoms with Crippen molar-refractivity contribution in [1.29, 1.82) is 0 Å². The van der Waals surface area contributed by atoms with Crippen LogP contribution in [0.4, 0.5) is 5.69 Å². The van der Waals surface area contributed by atoms with Crippen LogP contribution in [0.15, 0.2) is 78.9 Å². The number of para-hydroxylation sites is 1. The van der Waals surface area contributed by atoms with E-state index < -0.39 is 8.07 Å². The van der Waals surface area contributed by atoms with E-state index >= 15 is 0 Å². The molecule has 0 aliphatic heterocycles. The van der Waals surface area contributed by atoms with Crippen molar-refractivity contribution in [3.63, 3.8) is 0 Å². The average molecular weight is 538 g/mol. The minimum absolute atomic E-state index is 0.489. The molecule has 2 aliphatic carbocycles. The third-order valence-corrected chi connectivity index (χ3v) is 11.8. The van der Waals surface area contributed by atoms with Crippen LogP contribution in [0, 0.1) is 0 Å². The highest BCUT2D eigenvalue weighted by molar-refractivity contribution is 7.76. The molecule has 0 saturated heterocycles. The smallest absolute Gasteiger partial charge is 0.265 e. The van der Waals surface area contributed by atoms with Gasteiger partial charge in [-0.05, 0) is 45.2 Å². The number of hydrogen-bond donors (Lipinski definition) is 0. The van der Waals surface area contributed by atoms with Gasteiger partial charge >= 0.3 is 0 Å². The first-order chi connectivity index (χ1) is 19.1. The van der Waals surface area contributed by atoms with E-state index in [0.29, 0.717) is 18.7 Å². The number of hydrogen-bond acceptors (Lipinski definition) is 1. The Morgan fingerprint density at radius 2 is 0.974 bits per heavy atom. The second-order valence-corrected chi connectivity index (χ2v) is 14.8. The largest absolute Gasteiger partial charge is 0.387 e. The fraction of sp³-hybridized carbons (Fsp3) is 0.500. The summed E-state index contributed by atoms with van der Waals surface area (Å²) in [5.41, 5.74) is 4.65. The molecule has 5 rings (SSSR count). The lowest BCUT2D eigenvalue weighted by molar-refractivity contribution is 0.461. The summed E-state index contributed by atoms with van der Waals surface area (Å²) >= 11 is 0. The SMILES string of the molecule is CC(C)c1cccc(C(C)C)c1N(B(C1CCCCC1)C1CCCCC1)P(c1ccccc1)c1ccccc1. The maximum atomic E-state index is 3.09. The third kappa shape index (κ3) is 6.48. The summed E-state index contributed by atoms with van der Waals surface area (Å²) in [7, 11) is -0.728. The molecule has 0 spiro atoms. The molecule has 39 heavy (non-hydrogen) atoms. The highest BCUT2D eigenvalue weighted by atomic mass is 31.1. The molecule has 3 aromatic carbocycles. The van der Waals surface area contributed by atoms with Gasteiger partial charge in [0, 0.05) is 13.8 Å². The maximum absolute atomic E-state index is 3.09. The van der Waals surface area contributed by atoms with Crippen molar-refractivity contribution in [3.8, 4) is 0 Å². The van der Waals surface area contributed by atoms with Crippen molar-refractivity contribution in [2.75, 3.05) is 4.58 Å². The highest BCUT2D eigenvalue weighted by Gasteiger charge is 2.44. The van der Waals surface area contributed by atoms with Gasteiger partial charge in [0.1, 0.15) is 0 Å². The van der Waals surface area contributed by atoms with Gasteiger partial charge in [0.05, 0.1) is 0 Å². The van der Waals surface area contributed by atoms with Gasteiger partial charge in [0.25, 0.3) is 6.85 Å². The zero-order valence-corrected chi connectivity index (χ0v) is 25.8. The first kappa shape index (κ1) is 28.5. The molecule has 0 N–H and O–H groups in total. The van der Waals surface area contributed by atoms with Crippen LogP contribution in [0.5, 0.6) is 0 Å². The van der Waals surface area contributed by atoms with Gasteiger partial charge in [0.15, 0.2) is 0 Å². The second-order valence-electron chi connectivity index (χ2n) is 12.7. The van der Waals surface area contributed by atoms with Crippen LogP contribution in [0.3, 0.4) is 0 Å². The summed E-state index contributed by atoms with van der Waals surface area (Å²) < 4.78 is 3.09. The van der Waals surface area contributed by atoms with Gasteiger partial charge in [-0.2, -0.15) is 0 Å². The molecular weight excluding hydrogens is 488 g/mol. The van der Waals surface area contributed by atoms with Crippen LogP contribution in [0.25, 0.3) is 0 Å². The van der Waals surface area contributed by atoms with E-state index in [1.807, 2.05) is 0 Å². The Bertz CT molecular complexity index is 1070. The minimum Gasteiger partial charge on any atom is -0.387 e. The van der Waals surface area contributed by atoms with Crippen molar-refractivity contribution < 1.29 is 0 Å². The number of benzene rings is 3. The summed E-state index contributed by atoms with van der Waals surface area (Å²) in [6.07, 6.45) is 14.0. The van der Waals surface area contributed by atoms with Crippen molar-refractivity contribution in [3.05, 3.63) is 90.0 Å². The summed E-state index contributed by atoms with van der Waals surface area (Å²) in [6.45, 7) is 10.2. The van der Waals surface area contributed by atoms with Crippen LogP contribution >= 0.6 is 8.07 Å². The normalized spacial score (nSPS) is 17.2. The molecule has 0 heterocycles. The van der Waals surface area contributed by atoms with E-state index in [4.69, 9.17) is 0 Å². The van der Waals surface area contributed by atoms with Gasteiger partial charge < -0.3 is 4.58 Å². The zero-order valence-electron chi connectivity index (χ0n) is 24.9. The molecular formula is C36H49BNP. The Labute approximate surface area is 240 Å². The quantitative estimate of drug-likeness (QED) is 0.194. The topological polar surface area (TPSA) is 3.24 Å². The van der Waals surface area contributed by atoms with E-state index in [9.17, 15) is 0 Å².